The first-order valence-corrected chi connectivity index (χ1v) is 10.0. The van der Waals surface area contributed by atoms with Crippen molar-refractivity contribution in [2.75, 3.05) is 0 Å². The highest BCUT2D eigenvalue weighted by atomic mass is 16.5. The van der Waals surface area contributed by atoms with Crippen LogP contribution in [0.5, 0.6) is 11.6 Å². The number of aromatic nitrogens is 2. The maximum absolute atomic E-state index is 8.91. The van der Waals surface area contributed by atoms with Crippen molar-refractivity contribution in [1.82, 2.24) is 10.2 Å². The summed E-state index contributed by atoms with van der Waals surface area (Å²) >= 11 is 0. The van der Waals surface area contributed by atoms with E-state index in [1.165, 1.54) is 0 Å². The van der Waals surface area contributed by atoms with E-state index in [1.54, 1.807) is 30.3 Å². The highest BCUT2D eigenvalue weighted by Crippen LogP contribution is 2.26. The summed E-state index contributed by atoms with van der Waals surface area (Å²) in [6.45, 7) is 0.726. The molecule has 1 aromatic heterocycles. The molecule has 0 atom stereocenters. The lowest BCUT2D eigenvalue weighted by molar-refractivity contribution is 0.244. The Morgan fingerprint density at radius 1 is 0.656 bits per heavy atom. The first kappa shape index (κ1) is 20.7. The van der Waals surface area contributed by atoms with Crippen LogP contribution in [-0.4, -0.2) is 10.2 Å². The van der Waals surface area contributed by atoms with E-state index < -0.39 is 0 Å². The largest absolute Gasteiger partial charge is 0.483 e. The molecule has 0 saturated carbocycles. The fraction of sp³-hybridized carbons (Fsp3) is 0.0741. The summed E-state index contributed by atoms with van der Waals surface area (Å²) < 4.78 is 11.9. The third kappa shape index (κ3) is 5.72. The van der Waals surface area contributed by atoms with Crippen LogP contribution in [0.4, 0.5) is 0 Å². The Morgan fingerprint density at radius 2 is 1.25 bits per heavy atom. The summed E-state index contributed by atoms with van der Waals surface area (Å²) in [6.07, 6.45) is 0. The van der Waals surface area contributed by atoms with Gasteiger partial charge in [0.05, 0.1) is 11.6 Å². The second kappa shape index (κ2) is 10.4. The van der Waals surface area contributed by atoms with E-state index in [1.807, 2.05) is 60.7 Å². The van der Waals surface area contributed by atoms with Crippen LogP contribution < -0.4 is 9.47 Å². The zero-order valence-corrected chi connectivity index (χ0v) is 17.2. The normalized spacial score (nSPS) is 9.84. The van der Waals surface area contributed by atoms with Crippen LogP contribution in [0.2, 0.25) is 0 Å². The molecule has 154 valence electrons. The molecule has 0 fully saturated rings. The maximum Gasteiger partial charge on any atom is 0.276 e. The first-order chi connectivity index (χ1) is 15.8. The van der Waals surface area contributed by atoms with Crippen molar-refractivity contribution in [3.8, 4) is 29.5 Å². The summed E-state index contributed by atoms with van der Waals surface area (Å²) in [6, 6.07) is 30.6. The minimum absolute atomic E-state index is 0.314. The minimum atomic E-state index is 0.314. The summed E-state index contributed by atoms with van der Waals surface area (Å²) in [7, 11) is 0. The Morgan fingerprint density at radius 3 is 1.88 bits per heavy atom. The van der Waals surface area contributed by atoms with E-state index in [0.29, 0.717) is 36.1 Å². The molecule has 0 aliphatic rings. The molecule has 1 heterocycles. The Labute approximate surface area is 186 Å². The molecule has 0 saturated heterocycles. The third-order valence-electron chi connectivity index (χ3n) is 4.53. The van der Waals surface area contributed by atoms with Gasteiger partial charge in [-0.15, -0.1) is 10.2 Å². The van der Waals surface area contributed by atoms with Crippen LogP contribution in [-0.2, 0) is 13.2 Å². The van der Waals surface area contributed by atoms with Crippen LogP contribution in [0.1, 0.15) is 27.9 Å². The molecule has 4 rings (SSSR count). The molecule has 0 aliphatic carbocycles. The van der Waals surface area contributed by atoms with Gasteiger partial charge in [-0.05, 0) is 41.3 Å². The zero-order valence-electron chi connectivity index (χ0n) is 17.2. The molecule has 5 heteroatoms. The van der Waals surface area contributed by atoms with Crippen LogP contribution in [0, 0.1) is 23.2 Å². The van der Waals surface area contributed by atoms with E-state index in [9.17, 15) is 0 Å². The summed E-state index contributed by atoms with van der Waals surface area (Å²) in [5.74, 6) is 6.82. The predicted molar refractivity (Wildman–Crippen MR) is 121 cm³/mol. The van der Waals surface area contributed by atoms with E-state index in [2.05, 4.69) is 28.1 Å². The molecule has 0 unspecified atom stereocenters. The number of nitrogens with zero attached hydrogens (tertiary/aromatic N) is 3. The fourth-order valence-electron chi connectivity index (χ4n) is 2.85. The van der Waals surface area contributed by atoms with Crippen LogP contribution in [0.3, 0.4) is 0 Å². The van der Waals surface area contributed by atoms with Gasteiger partial charge in [-0.25, -0.2) is 0 Å². The van der Waals surface area contributed by atoms with Crippen molar-refractivity contribution in [2.45, 2.75) is 13.2 Å². The Balaban J connectivity index is 1.55. The van der Waals surface area contributed by atoms with Gasteiger partial charge >= 0.3 is 0 Å². The van der Waals surface area contributed by atoms with Crippen molar-refractivity contribution in [3.63, 3.8) is 0 Å². The summed E-state index contributed by atoms with van der Waals surface area (Å²) in [5, 5.41) is 17.3. The number of ether oxygens (including phenoxy) is 2. The van der Waals surface area contributed by atoms with Gasteiger partial charge in [-0.2, -0.15) is 5.26 Å². The van der Waals surface area contributed by atoms with E-state index in [4.69, 9.17) is 14.7 Å². The molecule has 0 aliphatic heterocycles. The first-order valence-electron chi connectivity index (χ1n) is 10.0. The topological polar surface area (TPSA) is 68.0 Å². The highest BCUT2D eigenvalue weighted by Gasteiger charge is 2.11. The van der Waals surface area contributed by atoms with Gasteiger partial charge < -0.3 is 9.47 Å². The van der Waals surface area contributed by atoms with E-state index in [-0.39, 0.29) is 0 Å². The van der Waals surface area contributed by atoms with Crippen molar-refractivity contribution >= 4 is 0 Å². The van der Waals surface area contributed by atoms with E-state index >= 15 is 0 Å². The van der Waals surface area contributed by atoms with Crippen molar-refractivity contribution in [3.05, 3.63) is 119 Å². The molecule has 0 radical (unpaired) electrons. The highest BCUT2D eigenvalue weighted by molar-refractivity contribution is 5.45. The van der Waals surface area contributed by atoms with Crippen LogP contribution in [0.15, 0.2) is 91.0 Å². The Hall–Kier alpha value is -4.61. The van der Waals surface area contributed by atoms with E-state index in [0.717, 1.165) is 16.7 Å². The molecule has 0 spiro atoms. The number of benzene rings is 3. The number of hydrogen-bond donors (Lipinski definition) is 0. The predicted octanol–water partition coefficient (Wildman–Crippen LogP) is 4.91. The SMILES string of the molecule is N#Cc1ccc(C#Cc2cc(OCc3ccccc3)c(OCc3ccccc3)nn2)cc1. The molecule has 4 aromatic rings. The second-order valence-electron chi connectivity index (χ2n) is 6.89. The molecule has 0 bridgehead atoms. The fourth-order valence-corrected chi connectivity index (χ4v) is 2.85. The molecular weight excluding hydrogens is 398 g/mol. The number of hydrogen-bond acceptors (Lipinski definition) is 5. The Bertz CT molecular complexity index is 1270. The lowest BCUT2D eigenvalue weighted by atomic mass is 10.1. The van der Waals surface area contributed by atoms with Gasteiger partial charge in [-0.1, -0.05) is 66.6 Å². The van der Waals surface area contributed by atoms with Gasteiger partial charge in [0.2, 0.25) is 0 Å². The smallest absolute Gasteiger partial charge is 0.276 e. The average Bonchev–Trinajstić information content (AvgIpc) is 2.87. The van der Waals surface area contributed by atoms with Gasteiger partial charge in [0.25, 0.3) is 5.88 Å². The van der Waals surface area contributed by atoms with Gasteiger partial charge in [-0.3, -0.25) is 0 Å². The molecule has 3 aromatic carbocycles. The lowest BCUT2D eigenvalue weighted by Gasteiger charge is -2.11. The maximum atomic E-state index is 8.91. The summed E-state index contributed by atoms with van der Waals surface area (Å²) in [5.41, 5.74) is 3.88. The van der Waals surface area contributed by atoms with Gasteiger partial charge in [0.15, 0.2) is 5.75 Å². The second-order valence-corrected chi connectivity index (χ2v) is 6.89. The third-order valence-corrected chi connectivity index (χ3v) is 4.53. The monoisotopic (exact) mass is 417 g/mol. The molecular formula is C27H19N3O2. The number of nitriles is 1. The van der Waals surface area contributed by atoms with Crippen molar-refractivity contribution < 1.29 is 9.47 Å². The van der Waals surface area contributed by atoms with Crippen molar-refractivity contribution in [2.24, 2.45) is 0 Å². The molecule has 0 N–H and O–H groups in total. The van der Waals surface area contributed by atoms with Crippen LogP contribution >= 0.6 is 0 Å². The summed E-state index contributed by atoms with van der Waals surface area (Å²) in [4.78, 5) is 0. The molecule has 0 amide bonds. The lowest BCUT2D eigenvalue weighted by Crippen LogP contribution is -2.04. The molecule has 5 nitrogen and oxygen atoms in total. The minimum Gasteiger partial charge on any atom is -0.483 e. The standard InChI is InChI=1S/C27H19N3O2/c28-18-22-13-11-21(12-14-22)15-16-25-17-26(31-19-23-7-3-1-4-8-23)27(30-29-25)32-20-24-9-5-2-6-10-24/h1-14,17H,19-20H2. The van der Waals surface area contributed by atoms with Gasteiger partial charge in [0.1, 0.15) is 18.9 Å². The molecule has 32 heavy (non-hydrogen) atoms. The Kier molecular flexibility index (Phi) is 6.73. The average molecular weight is 417 g/mol. The quantitative estimate of drug-likeness (QED) is 0.417. The zero-order chi connectivity index (χ0) is 22.0. The van der Waals surface area contributed by atoms with Crippen molar-refractivity contribution in [1.29, 1.82) is 5.26 Å². The number of rotatable bonds is 6. The van der Waals surface area contributed by atoms with Gasteiger partial charge in [0, 0.05) is 11.6 Å². The van der Waals surface area contributed by atoms with Crippen LogP contribution in [0.25, 0.3) is 0 Å².